The van der Waals surface area contributed by atoms with Crippen molar-refractivity contribution >= 4 is 17.9 Å². The summed E-state index contributed by atoms with van der Waals surface area (Å²) in [7, 11) is 0. The van der Waals surface area contributed by atoms with Gasteiger partial charge in [0.25, 0.3) is 5.91 Å². The summed E-state index contributed by atoms with van der Waals surface area (Å²) in [4.78, 5) is 40.1. The third kappa shape index (κ3) is 5.31. The van der Waals surface area contributed by atoms with Crippen LogP contribution in [0.15, 0.2) is 71.1 Å². The van der Waals surface area contributed by atoms with Crippen molar-refractivity contribution in [3.8, 4) is 11.3 Å². The maximum Gasteiger partial charge on any atom is 0.338 e. The van der Waals surface area contributed by atoms with Crippen LogP contribution in [0.3, 0.4) is 0 Å². The number of carbonyl (C=O) groups excluding carboxylic acids is 3. The Balaban J connectivity index is 1.40. The average molecular weight is 447 g/mol. The van der Waals surface area contributed by atoms with Gasteiger partial charge in [0, 0.05) is 5.56 Å². The molecule has 0 N–H and O–H groups in total. The molecule has 2 heterocycles. The third-order valence-corrected chi connectivity index (χ3v) is 5.12. The first-order valence-corrected chi connectivity index (χ1v) is 10.8. The van der Waals surface area contributed by atoms with Crippen LogP contribution in [0.4, 0.5) is 4.79 Å². The molecule has 1 fully saturated rings. The van der Waals surface area contributed by atoms with Crippen molar-refractivity contribution < 1.29 is 23.5 Å². The van der Waals surface area contributed by atoms with Crippen molar-refractivity contribution in [2.75, 3.05) is 6.54 Å². The number of carbonyl (C=O) groups is 3. The van der Waals surface area contributed by atoms with Crippen molar-refractivity contribution in [2.45, 2.75) is 39.5 Å². The topological polar surface area (TPSA) is 80.1 Å². The molecule has 1 aliphatic heterocycles. The Morgan fingerprint density at radius 1 is 0.939 bits per heavy atom. The van der Waals surface area contributed by atoms with Gasteiger partial charge in [0.1, 0.15) is 23.7 Å². The molecule has 33 heavy (non-hydrogen) atoms. The molecule has 4 rings (SSSR count). The molecule has 1 aromatic heterocycles. The van der Waals surface area contributed by atoms with E-state index >= 15 is 0 Å². The van der Waals surface area contributed by atoms with Crippen LogP contribution in [-0.2, 0) is 22.6 Å². The second-order valence-electron chi connectivity index (χ2n) is 8.95. The highest BCUT2D eigenvalue weighted by atomic mass is 16.6. The summed E-state index contributed by atoms with van der Waals surface area (Å²) in [5.41, 5.74) is 1.59. The highest BCUT2D eigenvalue weighted by molar-refractivity contribution is 6.01. The maximum absolute atomic E-state index is 12.7. The van der Waals surface area contributed by atoms with Crippen LogP contribution in [0.2, 0.25) is 0 Å². The number of furan rings is 1. The Morgan fingerprint density at radius 2 is 1.64 bits per heavy atom. The van der Waals surface area contributed by atoms with E-state index < -0.39 is 5.60 Å². The number of imide groups is 1. The molecule has 0 radical (unpaired) electrons. The molecule has 0 aliphatic carbocycles. The normalized spacial score (nSPS) is 14.2. The number of urea groups is 1. The minimum Gasteiger partial charge on any atom is -0.459 e. The lowest BCUT2D eigenvalue weighted by molar-refractivity contribution is -0.125. The molecule has 3 amide bonds. The van der Waals surface area contributed by atoms with Crippen LogP contribution in [-0.4, -0.2) is 39.9 Å². The molecular weight excluding hydrogens is 420 g/mol. The van der Waals surface area contributed by atoms with E-state index in [2.05, 4.69) is 0 Å². The summed E-state index contributed by atoms with van der Waals surface area (Å²) in [5.74, 6) is 0.573. The van der Waals surface area contributed by atoms with Gasteiger partial charge in [-0.05, 0) is 50.6 Å². The lowest BCUT2D eigenvalue weighted by Gasteiger charge is -2.19. The first kappa shape index (κ1) is 22.3. The van der Waals surface area contributed by atoms with E-state index in [0.717, 1.165) is 11.1 Å². The fourth-order valence-corrected chi connectivity index (χ4v) is 3.55. The largest absolute Gasteiger partial charge is 0.459 e. The average Bonchev–Trinajstić information content (AvgIpc) is 3.34. The first-order valence-electron chi connectivity index (χ1n) is 10.8. The number of rotatable bonds is 6. The zero-order valence-electron chi connectivity index (χ0n) is 18.9. The molecule has 1 saturated heterocycles. The lowest BCUT2D eigenvalue weighted by Crippen LogP contribution is -2.32. The summed E-state index contributed by atoms with van der Waals surface area (Å²) in [6, 6.07) is 19.6. The van der Waals surface area contributed by atoms with Gasteiger partial charge in [-0.3, -0.25) is 9.69 Å². The van der Waals surface area contributed by atoms with E-state index in [1.807, 2.05) is 57.2 Å². The van der Waals surface area contributed by atoms with Crippen LogP contribution >= 0.6 is 0 Å². The van der Waals surface area contributed by atoms with Crippen LogP contribution in [0.25, 0.3) is 11.3 Å². The van der Waals surface area contributed by atoms with Crippen LogP contribution < -0.4 is 0 Å². The Labute approximate surface area is 192 Å². The number of hydrogen-bond donors (Lipinski definition) is 0. The predicted octanol–water partition coefficient (Wildman–Crippen LogP) is 4.87. The molecule has 0 atom stereocenters. The molecule has 0 saturated carbocycles. The smallest absolute Gasteiger partial charge is 0.338 e. The summed E-state index contributed by atoms with van der Waals surface area (Å²) in [6.45, 7) is 5.94. The van der Waals surface area contributed by atoms with Crippen LogP contribution in [0, 0.1) is 0 Å². The quantitative estimate of drug-likeness (QED) is 0.399. The Kier molecular flexibility index (Phi) is 6.05. The monoisotopic (exact) mass is 446 g/mol. The highest BCUT2D eigenvalue weighted by Crippen LogP contribution is 2.25. The van der Waals surface area contributed by atoms with E-state index in [1.165, 1.54) is 9.80 Å². The standard InChI is InChI=1S/C26H26N2O5/c1-26(2,3)33-24(30)20-11-9-19(10-12-20)22-14-13-21(32-22)16-27-17-23(29)28(25(27)31)15-18-7-5-4-6-8-18/h4-14H,15-17H2,1-3H3. The van der Waals surface area contributed by atoms with Gasteiger partial charge < -0.3 is 14.1 Å². The molecule has 7 heteroatoms. The summed E-state index contributed by atoms with van der Waals surface area (Å²) < 4.78 is 11.3. The highest BCUT2D eigenvalue weighted by Gasteiger charge is 2.36. The zero-order valence-corrected chi connectivity index (χ0v) is 18.9. The van der Waals surface area contributed by atoms with Gasteiger partial charge in [0.2, 0.25) is 0 Å². The number of benzene rings is 2. The van der Waals surface area contributed by atoms with E-state index in [1.54, 1.807) is 30.3 Å². The molecule has 2 aromatic carbocycles. The van der Waals surface area contributed by atoms with E-state index in [0.29, 0.717) is 17.1 Å². The summed E-state index contributed by atoms with van der Waals surface area (Å²) in [5, 5.41) is 0. The zero-order chi connectivity index (χ0) is 23.6. The van der Waals surface area contributed by atoms with E-state index in [9.17, 15) is 14.4 Å². The number of hydrogen-bond acceptors (Lipinski definition) is 5. The lowest BCUT2D eigenvalue weighted by atomic mass is 10.1. The van der Waals surface area contributed by atoms with Crippen LogP contribution in [0.1, 0.15) is 42.5 Å². The van der Waals surface area contributed by atoms with E-state index in [-0.39, 0.29) is 37.5 Å². The van der Waals surface area contributed by atoms with Gasteiger partial charge in [0.05, 0.1) is 18.7 Å². The number of ether oxygens (including phenoxy) is 1. The first-order chi connectivity index (χ1) is 15.7. The molecule has 0 spiro atoms. The molecule has 7 nitrogen and oxygen atoms in total. The number of nitrogens with zero attached hydrogens (tertiary/aromatic N) is 2. The fraction of sp³-hybridized carbons (Fsp3) is 0.269. The van der Waals surface area contributed by atoms with Crippen molar-refractivity contribution in [3.63, 3.8) is 0 Å². The third-order valence-electron chi connectivity index (χ3n) is 5.12. The van der Waals surface area contributed by atoms with Crippen molar-refractivity contribution in [2.24, 2.45) is 0 Å². The fourth-order valence-electron chi connectivity index (χ4n) is 3.55. The second-order valence-corrected chi connectivity index (χ2v) is 8.95. The Morgan fingerprint density at radius 3 is 2.30 bits per heavy atom. The van der Waals surface area contributed by atoms with E-state index in [4.69, 9.17) is 9.15 Å². The second kappa shape index (κ2) is 8.94. The molecule has 1 aliphatic rings. The number of amides is 3. The van der Waals surface area contributed by atoms with Gasteiger partial charge in [-0.2, -0.15) is 0 Å². The van der Waals surface area contributed by atoms with Crippen molar-refractivity contribution in [3.05, 3.63) is 83.6 Å². The molecule has 0 bridgehead atoms. The van der Waals surface area contributed by atoms with Gasteiger partial charge >= 0.3 is 12.0 Å². The molecule has 0 unspecified atom stereocenters. The summed E-state index contributed by atoms with van der Waals surface area (Å²) in [6.07, 6.45) is 0. The molecule has 170 valence electrons. The van der Waals surface area contributed by atoms with Gasteiger partial charge in [-0.25, -0.2) is 9.59 Å². The van der Waals surface area contributed by atoms with Crippen molar-refractivity contribution in [1.29, 1.82) is 0 Å². The SMILES string of the molecule is CC(C)(C)OC(=O)c1ccc(-c2ccc(CN3CC(=O)N(Cc4ccccc4)C3=O)o2)cc1. The minimum atomic E-state index is -0.559. The Bertz CT molecular complexity index is 1160. The maximum atomic E-state index is 12.7. The van der Waals surface area contributed by atoms with Gasteiger partial charge in [-0.15, -0.1) is 0 Å². The van der Waals surface area contributed by atoms with Crippen molar-refractivity contribution in [1.82, 2.24) is 9.80 Å². The minimum absolute atomic E-state index is 0.0201. The van der Waals surface area contributed by atoms with Crippen LogP contribution in [0.5, 0.6) is 0 Å². The predicted molar refractivity (Wildman–Crippen MR) is 122 cm³/mol. The summed E-state index contributed by atoms with van der Waals surface area (Å²) >= 11 is 0. The molecule has 3 aromatic rings. The Hall–Kier alpha value is -3.87. The van der Waals surface area contributed by atoms with Gasteiger partial charge in [-0.1, -0.05) is 42.5 Å². The number of esters is 1. The molecular formula is C26H26N2O5. The van der Waals surface area contributed by atoms with Gasteiger partial charge in [0.15, 0.2) is 0 Å².